The van der Waals surface area contributed by atoms with E-state index >= 15 is 0 Å². The number of aromatic nitrogens is 2. The first kappa shape index (κ1) is 10.00. The second-order valence-electron chi connectivity index (χ2n) is 5.16. The Bertz CT molecular complexity index is 440. The van der Waals surface area contributed by atoms with Crippen LogP contribution in [0.5, 0.6) is 0 Å². The monoisotopic (exact) mass is 221 g/mol. The zero-order valence-corrected chi connectivity index (χ0v) is 9.75. The topological polar surface area (TPSA) is 49.8 Å². The lowest BCUT2D eigenvalue weighted by molar-refractivity contribution is 0.455. The van der Waals surface area contributed by atoms with Gasteiger partial charge in [-0.2, -0.15) is 0 Å². The van der Waals surface area contributed by atoms with Crippen molar-refractivity contribution in [3.63, 3.8) is 0 Å². The van der Waals surface area contributed by atoms with Crippen molar-refractivity contribution in [1.82, 2.24) is 9.78 Å². The van der Waals surface area contributed by atoms with Gasteiger partial charge in [0, 0.05) is 6.04 Å². The number of nitrogens with one attached hydrogen (secondary N) is 2. The zero-order valence-electron chi connectivity index (χ0n) is 9.75. The van der Waals surface area contributed by atoms with E-state index in [1.165, 1.54) is 12.8 Å². The van der Waals surface area contributed by atoms with Crippen molar-refractivity contribution in [2.75, 3.05) is 5.32 Å². The summed E-state index contributed by atoms with van der Waals surface area (Å²) in [4.78, 5) is 12.2. The quantitative estimate of drug-likeness (QED) is 0.762. The van der Waals surface area contributed by atoms with Crippen LogP contribution in [0, 0.1) is 0 Å². The van der Waals surface area contributed by atoms with Crippen LogP contribution < -0.4 is 10.9 Å². The van der Waals surface area contributed by atoms with Gasteiger partial charge in [0.15, 0.2) is 0 Å². The van der Waals surface area contributed by atoms with Crippen LogP contribution in [0.2, 0.25) is 0 Å². The first-order chi connectivity index (χ1) is 7.75. The second kappa shape index (κ2) is 3.68. The normalized spacial score (nSPS) is 25.4. The summed E-state index contributed by atoms with van der Waals surface area (Å²) in [6, 6.07) is 0.887. The fourth-order valence-corrected chi connectivity index (χ4v) is 2.94. The smallest absolute Gasteiger partial charge is 0.272 e. The Morgan fingerprint density at radius 2 is 2.00 bits per heavy atom. The molecule has 1 aliphatic carbocycles. The Balaban J connectivity index is 1.98. The van der Waals surface area contributed by atoms with Crippen LogP contribution in [-0.2, 0) is 6.42 Å². The number of anilines is 1. The van der Waals surface area contributed by atoms with Crippen LogP contribution in [0.4, 0.5) is 5.82 Å². The van der Waals surface area contributed by atoms with Crippen molar-refractivity contribution < 1.29 is 0 Å². The second-order valence-corrected chi connectivity index (χ2v) is 5.16. The van der Waals surface area contributed by atoms with Crippen molar-refractivity contribution in [1.29, 1.82) is 0 Å². The minimum Gasteiger partial charge on any atom is -0.368 e. The van der Waals surface area contributed by atoms with Crippen molar-refractivity contribution in [3.8, 4) is 0 Å². The molecule has 4 heteroatoms. The van der Waals surface area contributed by atoms with E-state index in [1.54, 1.807) is 0 Å². The van der Waals surface area contributed by atoms with E-state index in [2.05, 4.69) is 17.3 Å². The SMILES string of the molecule is CC1CCc2c([nH]n(C3CCCC3)c2=O)N1. The molecule has 0 saturated heterocycles. The molecule has 1 saturated carbocycles. The van der Waals surface area contributed by atoms with Crippen molar-refractivity contribution >= 4 is 5.82 Å². The van der Waals surface area contributed by atoms with Crippen molar-refractivity contribution in [3.05, 3.63) is 15.9 Å². The largest absolute Gasteiger partial charge is 0.368 e. The van der Waals surface area contributed by atoms with Crippen LogP contribution in [0.15, 0.2) is 4.79 Å². The highest BCUT2D eigenvalue weighted by Crippen LogP contribution is 2.29. The average molecular weight is 221 g/mol. The Labute approximate surface area is 95.0 Å². The van der Waals surface area contributed by atoms with Gasteiger partial charge in [0.2, 0.25) is 0 Å². The molecule has 1 fully saturated rings. The van der Waals surface area contributed by atoms with E-state index in [4.69, 9.17) is 0 Å². The summed E-state index contributed by atoms with van der Waals surface area (Å²) in [5.74, 6) is 0.968. The van der Waals surface area contributed by atoms with Gasteiger partial charge in [-0.1, -0.05) is 12.8 Å². The standard InChI is InChI=1S/C12H19N3O/c1-8-6-7-10-11(13-8)14-15(12(10)16)9-4-2-3-5-9/h8-9,13-14H,2-7H2,1H3. The highest BCUT2D eigenvalue weighted by Gasteiger charge is 2.25. The molecule has 4 nitrogen and oxygen atoms in total. The number of fused-ring (bicyclic) bond motifs is 1. The highest BCUT2D eigenvalue weighted by atomic mass is 16.1. The van der Waals surface area contributed by atoms with Crippen LogP contribution >= 0.6 is 0 Å². The van der Waals surface area contributed by atoms with Gasteiger partial charge in [0.1, 0.15) is 5.82 Å². The average Bonchev–Trinajstić information content (AvgIpc) is 2.86. The molecule has 88 valence electrons. The summed E-state index contributed by atoms with van der Waals surface area (Å²) in [6.07, 6.45) is 6.78. The number of H-pyrrole nitrogens is 1. The molecule has 1 aromatic heterocycles. The van der Waals surface area contributed by atoms with Gasteiger partial charge in [0.25, 0.3) is 5.56 Å². The van der Waals surface area contributed by atoms with Gasteiger partial charge in [-0.3, -0.25) is 9.89 Å². The molecule has 1 aromatic rings. The molecule has 1 atom stereocenters. The summed E-state index contributed by atoms with van der Waals surface area (Å²) >= 11 is 0. The van der Waals surface area contributed by atoms with Crippen molar-refractivity contribution in [2.24, 2.45) is 0 Å². The fourth-order valence-electron chi connectivity index (χ4n) is 2.94. The van der Waals surface area contributed by atoms with Gasteiger partial charge in [-0.05, 0) is 32.6 Å². The molecule has 0 bridgehead atoms. The molecule has 1 aliphatic heterocycles. The molecule has 2 heterocycles. The van der Waals surface area contributed by atoms with Crippen LogP contribution in [-0.4, -0.2) is 15.8 Å². The van der Waals surface area contributed by atoms with E-state index < -0.39 is 0 Å². The summed E-state index contributed by atoms with van der Waals surface area (Å²) in [6.45, 7) is 2.16. The van der Waals surface area contributed by atoms with Gasteiger partial charge < -0.3 is 5.32 Å². The maximum atomic E-state index is 12.2. The zero-order chi connectivity index (χ0) is 11.1. The third kappa shape index (κ3) is 1.47. The first-order valence-corrected chi connectivity index (χ1v) is 6.35. The summed E-state index contributed by atoms with van der Waals surface area (Å²) < 4.78 is 1.86. The minimum atomic E-state index is 0.210. The maximum Gasteiger partial charge on any atom is 0.272 e. The molecule has 0 spiro atoms. The molecule has 2 N–H and O–H groups in total. The van der Waals surface area contributed by atoms with Crippen LogP contribution in [0.1, 0.15) is 50.6 Å². The highest BCUT2D eigenvalue weighted by molar-refractivity contribution is 5.46. The van der Waals surface area contributed by atoms with E-state index in [-0.39, 0.29) is 5.56 Å². The minimum absolute atomic E-state index is 0.210. The third-order valence-corrected chi connectivity index (χ3v) is 3.92. The number of hydrogen-bond donors (Lipinski definition) is 2. The summed E-state index contributed by atoms with van der Waals surface area (Å²) in [7, 11) is 0. The van der Waals surface area contributed by atoms with E-state index in [0.29, 0.717) is 12.1 Å². The van der Waals surface area contributed by atoms with Gasteiger partial charge in [-0.15, -0.1) is 0 Å². The number of aromatic amines is 1. The number of rotatable bonds is 1. The number of hydrogen-bond acceptors (Lipinski definition) is 2. The first-order valence-electron chi connectivity index (χ1n) is 6.35. The molecule has 16 heavy (non-hydrogen) atoms. The van der Waals surface area contributed by atoms with Gasteiger partial charge >= 0.3 is 0 Å². The Kier molecular flexibility index (Phi) is 2.30. The third-order valence-electron chi connectivity index (χ3n) is 3.92. The molecule has 0 amide bonds. The Hall–Kier alpha value is -1.19. The molecular formula is C12H19N3O. The van der Waals surface area contributed by atoms with E-state index in [0.717, 1.165) is 37.1 Å². The predicted molar refractivity (Wildman–Crippen MR) is 64.0 cm³/mol. The number of nitrogens with zero attached hydrogens (tertiary/aromatic N) is 1. The lowest BCUT2D eigenvalue weighted by atomic mass is 10.0. The summed E-state index contributed by atoms with van der Waals surface area (Å²) in [5, 5.41) is 6.64. The van der Waals surface area contributed by atoms with Crippen LogP contribution in [0.3, 0.4) is 0 Å². The lowest BCUT2D eigenvalue weighted by Gasteiger charge is -2.19. The van der Waals surface area contributed by atoms with Gasteiger partial charge in [0.05, 0.1) is 11.6 Å². The molecule has 1 unspecified atom stereocenters. The predicted octanol–water partition coefficient (Wildman–Crippen LogP) is 2.04. The van der Waals surface area contributed by atoms with Crippen molar-refractivity contribution in [2.45, 2.75) is 57.5 Å². The Morgan fingerprint density at radius 3 is 2.75 bits per heavy atom. The molecule has 3 rings (SSSR count). The molecule has 0 aromatic carbocycles. The summed E-state index contributed by atoms with van der Waals surface area (Å²) in [5.41, 5.74) is 1.17. The van der Waals surface area contributed by atoms with Crippen LogP contribution in [0.25, 0.3) is 0 Å². The molecule has 0 radical (unpaired) electrons. The molecular weight excluding hydrogens is 202 g/mol. The van der Waals surface area contributed by atoms with E-state index in [9.17, 15) is 4.79 Å². The fraction of sp³-hybridized carbons (Fsp3) is 0.750. The van der Waals surface area contributed by atoms with Gasteiger partial charge in [-0.25, -0.2) is 4.68 Å². The maximum absolute atomic E-state index is 12.2. The molecule has 2 aliphatic rings. The lowest BCUT2D eigenvalue weighted by Crippen LogP contribution is -2.25. The van der Waals surface area contributed by atoms with E-state index in [1.807, 2.05) is 4.68 Å². The Morgan fingerprint density at radius 1 is 1.25 bits per heavy atom.